The second kappa shape index (κ2) is 3.14. The van der Waals surface area contributed by atoms with Crippen LogP contribution in [-0.4, -0.2) is 11.7 Å². The molecule has 66 valence electrons. The van der Waals surface area contributed by atoms with E-state index in [4.69, 9.17) is 5.11 Å². The van der Waals surface area contributed by atoms with Crippen molar-refractivity contribution in [3.8, 4) is 0 Å². The van der Waals surface area contributed by atoms with E-state index >= 15 is 0 Å². The molecule has 1 fully saturated rings. The molecule has 1 nitrogen and oxygen atoms in total. The molecule has 1 rings (SSSR count). The van der Waals surface area contributed by atoms with Crippen molar-refractivity contribution in [1.29, 1.82) is 0 Å². The van der Waals surface area contributed by atoms with Crippen molar-refractivity contribution >= 4 is 0 Å². The van der Waals surface area contributed by atoms with E-state index in [-0.39, 0.29) is 0 Å². The van der Waals surface area contributed by atoms with Crippen LogP contribution in [0.25, 0.3) is 0 Å². The van der Waals surface area contributed by atoms with Gasteiger partial charge in [-0.3, -0.25) is 0 Å². The summed E-state index contributed by atoms with van der Waals surface area (Å²) in [5.41, 5.74) is 0.448. The minimum absolute atomic E-state index is 0.395. The van der Waals surface area contributed by atoms with Gasteiger partial charge in [0.2, 0.25) is 0 Å². The number of rotatable bonds is 1. The Bertz CT molecular complexity index is 123. The van der Waals surface area contributed by atoms with Gasteiger partial charge in [0.15, 0.2) is 0 Å². The zero-order valence-corrected chi connectivity index (χ0v) is 7.93. The summed E-state index contributed by atoms with van der Waals surface area (Å²) < 4.78 is 0. The van der Waals surface area contributed by atoms with Crippen LogP contribution in [0.1, 0.15) is 40.0 Å². The fraction of sp³-hybridized carbons (Fsp3) is 1.00. The molecular formula is C10H20O. The number of aliphatic hydroxyl groups is 1. The molecule has 1 N–H and O–H groups in total. The molecule has 2 atom stereocenters. The largest absolute Gasteiger partial charge is 0.396 e. The topological polar surface area (TPSA) is 20.2 Å². The van der Waals surface area contributed by atoms with Crippen LogP contribution in [0, 0.1) is 17.3 Å². The second-order valence-corrected chi connectivity index (χ2v) is 4.92. The Balaban J connectivity index is 2.42. The van der Waals surface area contributed by atoms with Gasteiger partial charge < -0.3 is 5.11 Å². The summed E-state index contributed by atoms with van der Waals surface area (Å²) in [6, 6.07) is 0. The maximum atomic E-state index is 8.95. The Hall–Kier alpha value is -0.0400. The molecule has 1 aliphatic rings. The molecule has 1 heteroatoms. The molecule has 0 aromatic carbocycles. The van der Waals surface area contributed by atoms with E-state index in [1.165, 1.54) is 19.3 Å². The van der Waals surface area contributed by atoms with Gasteiger partial charge >= 0.3 is 0 Å². The Kier molecular flexibility index (Phi) is 2.58. The van der Waals surface area contributed by atoms with E-state index in [9.17, 15) is 0 Å². The van der Waals surface area contributed by atoms with Gasteiger partial charge in [-0.2, -0.15) is 0 Å². The highest BCUT2D eigenvalue weighted by Gasteiger charge is 2.32. The minimum Gasteiger partial charge on any atom is -0.396 e. The molecule has 0 aromatic heterocycles. The summed E-state index contributed by atoms with van der Waals surface area (Å²) in [4.78, 5) is 0. The van der Waals surface area contributed by atoms with Gasteiger partial charge in [-0.15, -0.1) is 0 Å². The van der Waals surface area contributed by atoms with Crippen molar-refractivity contribution in [2.45, 2.75) is 40.0 Å². The van der Waals surface area contributed by atoms with Gasteiger partial charge in [0.1, 0.15) is 0 Å². The van der Waals surface area contributed by atoms with Crippen LogP contribution in [0.4, 0.5) is 0 Å². The summed E-state index contributed by atoms with van der Waals surface area (Å²) in [6.45, 7) is 7.30. The number of hydrogen-bond acceptors (Lipinski definition) is 1. The first-order valence-electron chi connectivity index (χ1n) is 4.65. The highest BCUT2D eigenvalue weighted by Crippen LogP contribution is 2.41. The van der Waals surface area contributed by atoms with Crippen molar-refractivity contribution in [3.05, 3.63) is 0 Å². The van der Waals surface area contributed by atoms with Gasteiger partial charge in [0, 0.05) is 6.61 Å². The summed E-state index contributed by atoms with van der Waals surface area (Å²) in [7, 11) is 0. The van der Waals surface area contributed by atoms with Gasteiger partial charge in [-0.05, 0) is 36.5 Å². The predicted molar refractivity (Wildman–Crippen MR) is 47.4 cm³/mol. The van der Waals surface area contributed by atoms with Gasteiger partial charge in [-0.1, -0.05) is 20.8 Å². The van der Waals surface area contributed by atoms with Crippen molar-refractivity contribution in [2.75, 3.05) is 6.61 Å². The Morgan fingerprint density at radius 3 is 2.18 bits per heavy atom. The van der Waals surface area contributed by atoms with Gasteiger partial charge in [0.25, 0.3) is 0 Å². The zero-order valence-electron chi connectivity index (χ0n) is 7.93. The van der Waals surface area contributed by atoms with Crippen molar-refractivity contribution in [2.24, 2.45) is 17.3 Å². The molecule has 1 saturated carbocycles. The third kappa shape index (κ3) is 2.19. The van der Waals surface area contributed by atoms with E-state index in [0.717, 1.165) is 5.92 Å². The molecule has 0 unspecified atom stereocenters. The highest BCUT2D eigenvalue weighted by atomic mass is 16.3. The Labute approximate surface area is 69.8 Å². The van der Waals surface area contributed by atoms with Gasteiger partial charge in [-0.25, -0.2) is 0 Å². The standard InChI is InChI=1S/C10H20O/c1-10(2,3)9-5-4-8(6-9)7-11/h8-9,11H,4-7H2,1-3H3/t8-,9-/m1/s1. The monoisotopic (exact) mass is 156 g/mol. The molecule has 0 aromatic rings. The van der Waals surface area contributed by atoms with E-state index in [1.54, 1.807) is 0 Å². The van der Waals surface area contributed by atoms with Crippen LogP contribution in [-0.2, 0) is 0 Å². The lowest BCUT2D eigenvalue weighted by Crippen LogP contribution is -2.17. The number of hydrogen-bond donors (Lipinski definition) is 1. The fourth-order valence-electron chi connectivity index (χ4n) is 2.03. The van der Waals surface area contributed by atoms with E-state index in [0.29, 0.717) is 17.9 Å². The highest BCUT2D eigenvalue weighted by molar-refractivity contribution is 4.82. The third-order valence-electron chi connectivity index (χ3n) is 3.02. The van der Waals surface area contributed by atoms with Crippen LogP contribution < -0.4 is 0 Å². The molecular weight excluding hydrogens is 136 g/mol. The lowest BCUT2D eigenvalue weighted by atomic mass is 9.79. The lowest BCUT2D eigenvalue weighted by Gasteiger charge is -2.26. The average molecular weight is 156 g/mol. The SMILES string of the molecule is CC(C)(C)[C@@H]1CC[C@@H](CO)C1. The molecule has 0 aliphatic heterocycles. The first-order valence-corrected chi connectivity index (χ1v) is 4.65. The number of aliphatic hydroxyl groups excluding tert-OH is 1. The fourth-order valence-corrected chi connectivity index (χ4v) is 2.03. The molecule has 0 radical (unpaired) electrons. The van der Waals surface area contributed by atoms with E-state index in [2.05, 4.69) is 20.8 Å². The normalized spacial score (nSPS) is 32.7. The summed E-state index contributed by atoms with van der Waals surface area (Å²) in [5, 5.41) is 8.95. The summed E-state index contributed by atoms with van der Waals surface area (Å²) in [5.74, 6) is 1.43. The second-order valence-electron chi connectivity index (χ2n) is 4.92. The summed E-state index contributed by atoms with van der Waals surface area (Å²) >= 11 is 0. The third-order valence-corrected chi connectivity index (χ3v) is 3.02. The van der Waals surface area contributed by atoms with Crippen molar-refractivity contribution in [3.63, 3.8) is 0 Å². The molecule has 0 saturated heterocycles. The Morgan fingerprint density at radius 1 is 1.27 bits per heavy atom. The predicted octanol–water partition coefficient (Wildman–Crippen LogP) is 2.44. The van der Waals surface area contributed by atoms with Crippen LogP contribution in [0.5, 0.6) is 0 Å². The average Bonchev–Trinajstić information content (AvgIpc) is 2.32. The molecule has 0 spiro atoms. The maximum Gasteiger partial charge on any atom is 0.0459 e. The van der Waals surface area contributed by atoms with Crippen LogP contribution in [0.15, 0.2) is 0 Å². The zero-order chi connectivity index (χ0) is 8.48. The van der Waals surface area contributed by atoms with E-state index < -0.39 is 0 Å². The Morgan fingerprint density at radius 2 is 1.91 bits per heavy atom. The van der Waals surface area contributed by atoms with Crippen LogP contribution >= 0.6 is 0 Å². The van der Waals surface area contributed by atoms with Crippen molar-refractivity contribution in [1.82, 2.24) is 0 Å². The van der Waals surface area contributed by atoms with E-state index in [1.807, 2.05) is 0 Å². The van der Waals surface area contributed by atoms with Gasteiger partial charge in [0.05, 0.1) is 0 Å². The van der Waals surface area contributed by atoms with Crippen LogP contribution in [0.3, 0.4) is 0 Å². The quantitative estimate of drug-likeness (QED) is 0.618. The smallest absolute Gasteiger partial charge is 0.0459 e. The summed E-state index contributed by atoms with van der Waals surface area (Å²) in [6.07, 6.45) is 3.78. The maximum absolute atomic E-state index is 8.95. The molecule has 0 heterocycles. The minimum atomic E-state index is 0.395. The van der Waals surface area contributed by atoms with Crippen LogP contribution in [0.2, 0.25) is 0 Å². The molecule has 1 aliphatic carbocycles. The molecule has 11 heavy (non-hydrogen) atoms. The molecule has 0 amide bonds. The molecule has 0 bridgehead atoms. The van der Waals surface area contributed by atoms with Crippen molar-refractivity contribution < 1.29 is 5.11 Å². The first-order chi connectivity index (χ1) is 5.04. The first kappa shape index (κ1) is 9.05. The lowest BCUT2D eigenvalue weighted by molar-refractivity contribution is 0.201.